The van der Waals surface area contributed by atoms with Gasteiger partial charge in [-0.2, -0.15) is 0 Å². The predicted molar refractivity (Wildman–Crippen MR) is 89.6 cm³/mol. The minimum atomic E-state index is -1.03. The van der Waals surface area contributed by atoms with Gasteiger partial charge in [0, 0.05) is 18.1 Å². The Morgan fingerprint density at radius 3 is 2.56 bits per heavy atom. The zero-order valence-electron chi connectivity index (χ0n) is 12.9. The SMILES string of the molecule is CN(N=O)c1ccc(OC(=O)OCc2ccc(Cl)cc2[N+](=O)[O-])cc1. The molecule has 25 heavy (non-hydrogen) atoms. The number of hydrogen-bond acceptors (Lipinski definition) is 7. The third kappa shape index (κ3) is 4.88. The maximum atomic E-state index is 11.7. The average Bonchev–Trinajstić information content (AvgIpc) is 2.60. The first-order chi connectivity index (χ1) is 11.9. The van der Waals surface area contributed by atoms with Crippen LogP contribution in [0.2, 0.25) is 5.02 Å². The van der Waals surface area contributed by atoms with E-state index in [0.717, 1.165) is 5.01 Å². The van der Waals surface area contributed by atoms with Crippen LogP contribution in [0.5, 0.6) is 5.75 Å². The molecule has 130 valence electrons. The van der Waals surface area contributed by atoms with Gasteiger partial charge < -0.3 is 9.47 Å². The number of carbonyl (C=O) groups is 1. The fourth-order valence-electron chi connectivity index (χ4n) is 1.87. The molecule has 0 saturated heterocycles. The number of ether oxygens (including phenoxy) is 2. The fraction of sp³-hybridized carbons (Fsp3) is 0.133. The van der Waals surface area contributed by atoms with Gasteiger partial charge in [0.25, 0.3) is 5.69 Å². The van der Waals surface area contributed by atoms with Crippen molar-refractivity contribution in [3.8, 4) is 5.75 Å². The molecule has 0 spiro atoms. The molecular weight excluding hydrogens is 354 g/mol. The Kier molecular flexibility index (Phi) is 5.85. The van der Waals surface area contributed by atoms with Crippen molar-refractivity contribution >= 4 is 29.1 Å². The highest BCUT2D eigenvalue weighted by Gasteiger charge is 2.16. The molecular formula is C15H12ClN3O6. The minimum absolute atomic E-state index is 0.179. The summed E-state index contributed by atoms with van der Waals surface area (Å²) in [5.41, 5.74) is 0.432. The second-order valence-electron chi connectivity index (χ2n) is 4.77. The summed E-state index contributed by atoms with van der Waals surface area (Å²) in [6.07, 6.45) is -1.03. The quantitative estimate of drug-likeness (QED) is 0.249. The first-order valence-corrected chi connectivity index (χ1v) is 7.23. The van der Waals surface area contributed by atoms with E-state index in [1.54, 1.807) is 0 Å². The summed E-state index contributed by atoms with van der Waals surface area (Å²) in [5.74, 6) is 0.179. The molecule has 0 fully saturated rings. The zero-order chi connectivity index (χ0) is 18.4. The number of anilines is 1. The van der Waals surface area contributed by atoms with Crippen molar-refractivity contribution in [2.75, 3.05) is 12.1 Å². The molecule has 0 amide bonds. The second-order valence-corrected chi connectivity index (χ2v) is 5.21. The molecule has 0 aliphatic carbocycles. The van der Waals surface area contributed by atoms with E-state index in [2.05, 4.69) is 5.29 Å². The summed E-state index contributed by atoms with van der Waals surface area (Å²) in [7, 11) is 1.47. The van der Waals surface area contributed by atoms with E-state index < -0.39 is 11.1 Å². The van der Waals surface area contributed by atoms with Gasteiger partial charge in [0.2, 0.25) is 0 Å². The summed E-state index contributed by atoms with van der Waals surface area (Å²) >= 11 is 5.71. The molecule has 2 aromatic rings. The standard InChI is InChI=1S/C15H12ClN3O6/c1-18(17-21)12-4-6-13(7-5-12)25-15(20)24-9-10-2-3-11(16)8-14(10)19(22)23/h2-8H,9H2,1H3. The molecule has 0 unspecified atom stereocenters. The van der Waals surface area contributed by atoms with Crippen LogP contribution in [0.1, 0.15) is 5.56 Å². The van der Waals surface area contributed by atoms with Crippen LogP contribution in [0.3, 0.4) is 0 Å². The highest BCUT2D eigenvalue weighted by atomic mass is 35.5. The molecule has 0 heterocycles. The first kappa shape index (κ1) is 18.1. The Labute approximate surface area is 146 Å². The van der Waals surface area contributed by atoms with Crippen LogP contribution < -0.4 is 9.75 Å². The molecule has 10 heteroatoms. The van der Waals surface area contributed by atoms with Gasteiger partial charge in [-0.15, -0.1) is 4.91 Å². The van der Waals surface area contributed by atoms with Crippen molar-refractivity contribution in [1.82, 2.24) is 0 Å². The number of nitroso groups, excluding NO2 is 1. The molecule has 0 atom stereocenters. The minimum Gasteiger partial charge on any atom is -0.429 e. The lowest BCUT2D eigenvalue weighted by Crippen LogP contribution is -2.11. The summed E-state index contributed by atoms with van der Waals surface area (Å²) in [5, 5.41) is 15.0. The largest absolute Gasteiger partial charge is 0.514 e. The van der Waals surface area contributed by atoms with E-state index in [0.29, 0.717) is 5.69 Å². The number of nitro groups is 1. The average molecular weight is 366 g/mol. The van der Waals surface area contributed by atoms with E-state index >= 15 is 0 Å². The van der Waals surface area contributed by atoms with Crippen LogP contribution in [0.25, 0.3) is 0 Å². The van der Waals surface area contributed by atoms with E-state index in [1.165, 1.54) is 49.5 Å². The van der Waals surface area contributed by atoms with Gasteiger partial charge in [0.05, 0.1) is 21.5 Å². The van der Waals surface area contributed by atoms with Gasteiger partial charge in [0.1, 0.15) is 12.4 Å². The number of rotatable bonds is 6. The van der Waals surface area contributed by atoms with Crippen molar-refractivity contribution in [3.63, 3.8) is 0 Å². The van der Waals surface area contributed by atoms with E-state index in [4.69, 9.17) is 21.1 Å². The highest BCUT2D eigenvalue weighted by Crippen LogP contribution is 2.24. The fourth-order valence-corrected chi connectivity index (χ4v) is 2.03. The topological polar surface area (TPSA) is 111 Å². The Bertz CT molecular complexity index is 796. The van der Waals surface area contributed by atoms with E-state index in [1.807, 2.05) is 0 Å². The molecule has 0 aliphatic heterocycles. The summed E-state index contributed by atoms with van der Waals surface area (Å²) in [6.45, 7) is -0.345. The molecule has 0 N–H and O–H groups in total. The van der Waals surface area contributed by atoms with E-state index in [-0.39, 0.29) is 28.6 Å². The van der Waals surface area contributed by atoms with Gasteiger partial charge in [-0.05, 0) is 36.4 Å². The third-order valence-electron chi connectivity index (χ3n) is 3.12. The number of carbonyl (C=O) groups excluding carboxylic acids is 1. The van der Waals surface area contributed by atoms with Crippen LogP contribution in [0, 0.1) is 15.0 Å². The molecule has 0 saturated carbocycles. The van der Waals surface area contributed by atoms with Crippen LogP contribution in [-0.2, 0) is 11.3 Å². The lowest BCUT2D eigenvalue weighted by atomic mass is 10.2. The van der Waals surface area contributed by atoms with Gasteiger partial charge in [-0.25, -0.2) is 9.80 Å². The van der Waals surface area contributed by atoms with Crippen LogP contribution >= 0.6 is 11.6 Å². The van der Waals surface area contributed by atoms with Crippen molar-refractivity contribution in [1.29, 1.82) is 0 Å². The van der Waals surface area contributed by atoms with E-state index in [9.17, 15) is 19.8 Å². The van der Waals surface area contributed by atoms with Crippen molar-refractivity contribution < 1.29 is 19.2 Å². The molecule has 2 aromatic carbocycles. The normalized spacial score (nSPS) is 10.0. The second kappa shape index (κ2) is 8.06. The Hall–Kier alpha value is -3.20. The van der Waals surface area contributed by atoms with Gasteiger partial charge in [-0.3, -0.25) is 10.1 Å². The monoisotopic (exact) mass is 365 g/mol. The van der Waals surface area contributed by atoms with Crippen molar-refractivity contribution in [2.24, 2.45) is 5.29 Å². The Morgan fingerprint density at radius 2 is 1.96 bits per heavy atom. The molecule has 9 nitrogen and oxygen atoms in total. The lowest BCUT2D eigenvalue weighted by molar-refractivity contribution is -0.385. The van der Waals surface area contributed by atoms with Crippen LogP contribution in [0.15, 0.2) is 47.8 Å². The summed E-state index contributed by atoms with van der Waals surface area (Å²) in [6, 6.07) is 9.95. The number of halogens is 1. The maximum absolute atomic E-state index is 11.7. The third-order valence-corrected chi connectivity index (χ3v) is 3.36. The number of benzene rings is 2. The molecule has 0 aromatic heterocycles. The van der Waals surface area contributed by atoms with Crippen molar-refractivity contribution in [2.45, 2.75) is 6.61 Å². The summed E-state index contributed by atoms with van der Waals surface area (Å²) < 4.78 is 9.82. The summed E-state index contributed by atoms with van der Waals surface area (Å²) in [4.78, 5) is 32.4. The Balaban J connectivity index is 1.97. The molecule has 0 bridgehead atoms. The maximum Gasteiger partial charge on any atom is 0.514 e. The van der Waals surface area contributed by atoms with Gasteiger partial charge in [-0.1, -0.05) is 11.6 Å². The lowest BCUT2D eigenvalue weighted by Gasteiger charge is -2.10. The molecule has 2 rings (SSSR count). The van der Waals surface area contributed by atoms with Crippen LogP contribution in [0.4, 0.5) is 16.2 Å². The van der Waals surface area contributed by atoms with Crippen LogP contribution in [-0.4, -0.2) is 18.1 Å². The smallest absolute Gasteiger partial charge is 0.429 e. The molecule has 0 radical (unpaired) electrons. The zero-order valence-corrected chi connectivity index (χ0v) is 13.7. The number of hydrogen-bond donors (Lipinski definition) is 0. The van der Waals surface area contributed by atoms with Crippen molar-refractivity contribution in [3.05, 3.63) is 68.1 Å². The predicted octanol–water partition coefficient (Wildman–Crippen LogP) is 4.08. The first-order valence-electron chi connectivity index (χ1n) is 6.85. The number of nitro benzene ring substituents is 1. The molecule has 0 aliphatic rings. The van der Waals surface area contributed by atoms with Gasteiger partial charge in [0.15, 0.2) is 0 Å². The Morgan fingerprint density at radius 1 is 1.28 bits per heavy atom. The number of nitrogens with zero attached hydrogens (tertiary/aromatic N) is 3. The van der Waals surface area contributed by atoms with Gasteiger partial charge >= 0.3 is 6.16 Å². The highest BCUT2D eigenvalue weighted by molar-refractivity contribution is 6.30.